The number of fused-ring (bicyclic) bond motifs is 9. The molecule has 0 amide bonds. The third-order valence-electron chi connectivity index (χ3n) is 14.0. The third kappa shape index (κ3) is 5.36. The van der Waals surface area contributed by atoms with Crippen molar-refractivity contribution in [1.82, 2.24) is 4.57 Å². The van der Waals surface area contributed by atoms with Crippen LogP contribution in [0.15, 0.2) is 206 Å². The number of rotatable bonds is 6. The fourth-order valence-electron chi connectivity index (χ4n) is 10.9. The fraction of sp³-hybridized carbons (Fsp3) is 0.100. The Morgan fingerprint density at radius 2 is 0.919 bits per heavy atom. The molecule has 2 nitrogen and oxygen atoms in total. The molecule has 0 spiro atoms. The second-order valence-electron chi connectivity index (χ2n) is 18.2. The summed E-state index contributed by atoms with van der Waals surface area (Å²) in [4.78, 5) is 2.47. The van der Waals surface area contributed by atoms with Crippen molar-refractivity contribution in [2.75, 3.05) is 4.90 Å². The Morgan fingerprint density at radius 1 is 0.355 bits per heavy atom. The van der Waals surface area contributed by atoms with Gasteiger partial charge in [0.15, 0.2) is 0 Å². The van der Waals surface area contributed by atoms with Gasteiger partial charge in [-0.1, -0.05) is 167 Å². The maximum Gasteiger partial charge on any atom is 0.0544 e. The van der Waals surface area contributed by atoms with Crippen LogP contribution in [-0.2, 0) is 10.8 Å². The maximum absolute atomic E-state index is 2.47. The SMILES string of the molecule is CC1(C)c2ccccc2-c2cc3c4cc(-c5cccc(N(c6ccc(-c7ccccc7)cc6)c6cccc7c6-c6ccccc6C7(C)C)c5)ccc4n(-c4ccccc4)c3cc21. The number of nitrogens with zero attached hydrogens (tertiary/aromatic N) is 2. The van der Waals surface area contributed by atoms with Crippen molar-refractivity contribution in [2.24, 2.45) is 0 Å². The minimum Gasteiger partial charge on any atom is -0.310 e. The van der Waals surface area contributed by atoms with Gasteiger partial charge in [-0.2, -0.15) is 0 Å². The normalized spacial score (nSPS) is 14.1. The Kier molecular flexibility index (Phi) is 7.96. The summed E-state index contributed by atoms with van der Waals surface area (Å²) in [6, 6.07) is 76.5. The number of hydrogen-bond donors (Lipinski definition) is 0. The molecule has 2 aliphatic rings. The lowest BCUT2D eigenvalue weighted by Gasteiger charge is -2.29. The molecule has 0 bridgehead atoms. The zero-order chi connectivity index (χ0) is 41.7. The van der Waals surface area contributed by atoms with Gasteiger partial charge in [0.2, 0.25) is 0 Å². The van der Waals surface area contributed by atoms with Crippen LogP contribution in [0.2, 0.25) is 0 Å². The Morgan fingerprint density at radius 3 is 1.69 bits per heavy atom. The van der Waals surface area contributed by atoms with Gasteiger partial charge < -0.3 is 9.47 Å². The second kappa shape index (κ2) is 13.5. The summed E-state index contributed by atoms with van der Waals surface area (Å²) in [6.07, 6.45) is 0. The van der Waals surface area contributed by atoms with Crippen molar-refractivity contribution in [2.45, 2.75) is 38.5 Å². The minimum absolute atomic E-state index is 0.0892. The van der Waals surface area contributed by atoms with E-state index in [0.717, 1.165) is 11.4 Å². The zero-order valence-corrected chi connectivity index (χ0v) is 35.5. The molecule has 0 saturated heterocycles. The predicted molar refractivity (Wildman–Crippen MR) is 261 cm³/mol. The molecule has 1 heterocycles. The first kappa shape index (κ1) is 36.4. The van der Waals surface area contributed by atoms with Crippen molar-refractivity contribution in [3.63, 3.8) is 0 Å². The molecule has 9 aromatic carbocycles. The van der Waals surface area contributed by atoms with Gasteiger partial charge in [-0.15, -0.1) is 0 Å². The highest BCUT2D eigenvalue weighted by Crippen LogP contribution is 2.55. The maximum atomic E-state index is 2.47. The largest absolute Gasteiger partial charge is 0.310 e. The van der Waals surface area contributed by atoms with Crippen molar-refractivity contribution < 1.29 is 0 Å². The summed E-state index contributed by atoms with van der Waals surface area (Å²) < 4.78 is 2.46. The van der Waals surface area contributed by atoms with Crippen LogP contribution >= 0.6 is 0 Å². The summed E-state index contributed by atoms with van der Waals surface area (Å²) in [6.45, 7) is 9.46. The zero-order valence-electron chi connectivity index (χ0n) is 35.5. The molecule has 0 N–H and O–H groups in total. The van der Waals surface area contributed by atoms with E-state index in [1.807, 2.05) is 0 Å². The van der Waals surface area contributed by atoms with E-state index in [0.29, 0.717) is 0 Å². The highest BCUT2D eigenvalue weighted by atomic mass is 15.1. The monoisotopic (exact) mass is 794 g/mol. The molecule has 0 unspecified atom stereocenters. The number of anilines is 3. The number of aromatic nitrogens is 1. The molecule has 0 radical (unpaired) electrons. The van der Waals surface area contributed by atoms with Gasteiger partial charge in [-0.25, -0.2) is 0 Å². The molecule has 2 aliphatic carbocycles. The first-order valence-corrected chi connectivity index (χ1v) is 21.8. The van der Waals surface area contributed by atoms with Crippen LogP contribution in [-0.4, -0.2) is 4.57 Å². The molecular formula is C60H46N2. The van der Waals surface area contributed by atoms with Crippen LogP contribution in [0, 0.1) is 0 Å². The summed E-state index contributed by atoms with van der Waals surface area (Å²) >= 11 is 0. The third-order valence-corrected chi connectivity index (χ3v) is 14.0. The Bertz CT molecular complexity index is 3390. The Hall–Kier alpha value is -7.42. The minimum atomic E-state index is -0.112. The van der Waals surface area contributed by atoms with E-state index < -0.39 is 0 Å². The van der Waals surface area contributed by atoms with Crippen LogP contribution in [0.25, 0.3) is 72.0 Å². The molecular weight excluding hydrogens is 749 g/mol. The van der Waals surface area contributed by atoms with E-state index >= 15 is 0 Å². The van der Waals surface area contributed by atoms with E-state index in [2.05, 4.69) is 243 Å². The standard InChI is InChI=1S/C60H46N2/c1-59(2)52-26-14-12-24-47(52)58-53(59)27-16-28-56(58)61(44-32-29-40(30-33-44)39-17-7-5-8-18-39)45-22-15-19-41(35-45)42-31-34-55-49(36-42)50-37-48-46-23-11-13-25-51(46)60(3,4)54(48)38-57(50)62(55)43-20-9-6-10-21-43/h5-38H,1-4H3. The molecule has 2 heteroatoms. The summed E-state index contributed by atoms with van der Waals surface area (Å²) in [5.41, 5.74) is 22.4. The van der Waals surface area contributed by atoms with Crippen LogP contribution in [0.3, 0.4) is 0 Å². The van der Waals surface area contributed by atoms with Crippen LogP contribution in [0.1, 0.15) is 49.9 Å². The molecule has 12 rings (SSSR count). The lowest BCUT2D eigenvalue weighted by molar-refractivity contribution is 0.660. The van der Waals surface area contributed by atoms with Crippen LogP contribution in [0.5, 0.6) is 0 Å². The van der Waals surface area contributed by atoms with E-state index in [1.165, 1.54) is 99.9 Å². The highest BCUT2D eigenvalue weighted by Gasteiger charge is 2.38. The topological polar surface area (TPSA) is 8.17 Å². The van der Waals surface area contributed by atoms with Crippen molar-refractivity contribution in [3.05, 3.63) is 229 Å². The van der Waals surface area contributed by atoms with E-state index in [-0.39, 0.29) is 10.8 Å². The van der Waals surface area contributed by atoms with E-state index in [1.54, 1.807) is 0 Å². The average molecular weight is 795 g/mol. The predicted octanol–water partition coefficient (Wildman–Crippen LogP) is 16.2. The average Bonchev–Trinajstić information content (AvgIpc) is 3.85. The summed E-state index contributed by atoms with van der Waals surface area (Å²) in [7, 11) is 0. The highest BCUT2D eigenvalue weighted by molar-refractivity contribution is 6.13. The molecule has 0 atom stereocenters. The van der Waals surface area contributed by atoms with E-state index in [4.69, 9.17) is 0 Å². The van der Waals surface area contributed by atoms with Crippen molar-refractivity contribution in [3.8, 4) is 50.2 Å². The van der Waals surface area contributed by atoms with Gasteiger partial charge in [-0.3, -0.25) is 0 Å². The molecule has 0 saturated carbocycles. The second-order valence-corrected chi connectivity index (χ2v) is 18.2. The number of hydrogen-bond acceptors (Lipinski definition) is 1. The Labute approximate surface area is 364 Å². The van der Waals surface area contributed by atoms with Gasteiger partial charge in [-0.05, 0) is 128 Å². The van der Waals surface area contributed by atoms with Gasteiger partial charge in [0.1, 0.15) is 0 Å². The quantitative estimate of drug-likeness (QED) is 0.163. The number of para-hydroxylation sites is 1. The van der Waals surface area contributed by atoms with Gasteiger partial charge >= 0.3 is 0 Å². The van der Waals surface area contributed by atoms with Gasteiger partial charge in [0, 0.05) is 44.2 Å². The smallest absolute Gasteiger partial charge is 0.0544 e. The van der Waals surface area contributed by atoms with Crippen molar-refractivity contribution in [1.29, 1.82) is 0 Å². The summed E-state index contributed by atoms with van der Waals surface area (Å²) in [5.74, 6) is 0. The molecule has 0 aliphatic heterocycles. The lowest BCUT2D eigenvalue weighted by Crippen LogP contribution is -2.16. The first-order chi connectivity index (χ1) is 30.3. The lowest BCUT2D eigenvalue weighted by atomic mass is 9.82. The van der Waals surface area contributed by atoms with Crippen LogP contribution < -0.4 is 4.90 Å². The molecule has 1 aromatic heterocycles. The van der Waals surface area contributed by atoms with Gasteiger partial charge in [0.05, 0.1) is 16.7 Å². The summed E-state index contributed by atoms with van der Waals surface area (Å²) in [5, 5.41) is 2.53. The van der Waals surface area contributed by atoms with Gasteiger partial charge in [0.25, 0.3) is 0 Å². The van der Waals surface area contributed by atoms with Crippen molar-refractivity contribution >= 4 is 38.9 Å². The molecule has 296 valence electrons. The molecule has 10 aromatic rings. The van der Waals surface area contributed by atoms with Crippen LogP contribution in [0.4, 0.5) is 17.1 Å². The van der Waals surface area contributed by atoms with E-state index in [9.17, 15) is 0 Å². The fourth-order valence-corrected chi connectivity index (χ4v) is 10.9. The molecule has 62 heavy (non-hydrogen) atoms. The first-order valence-electron chi connectivity index (χ1n) is 21.8. The molecule has 0 fully saturated rings. The number of benzene rings is 9. The Balaban J connectivity index is 1.05.